The van der Waals surface area contributed by atoms with E-state index in [0.29, 0.717) is 18.0 Å². The lowest BCUT2D eigenvalue weighted by atomic mass is 10.2. The molecule has 1 aromatic carbocycles. The second kappa shape index (κ2) is 7.96. The van der Waals surface area contributed by atoms with Gasteiger partial charge in [0.25, 0.3) is 5.56 Å². The maximum absolute atomic E-state index is 12.1. The number of amides is 2. The van der Waals surface area contributed by atoms with E-state index in [4.69, 9.17) is 4.74 Å². The van der Waals surface area contributed by atoms with Crippen LogP contribution in [0.3, 0.4) is 0 Å². The Kier molecular flexibility index (Phi) is 5.73. The van der Waals surface area contributed by atoms with Crippen molar-refractivity contribution in [2.75, 3.05) is 17.2 Å². The molecule has 0 atom stereocenters. The Bertz CT molecular complexity index is 781. The highest BCUT2D eigenvalue weighted by Crippen LogP contribution is 2.13. The first kappa shape index (κ1) is 17.3. The van der Waals surface area contributed by atoms with Gasteiger partial charge in [-0.15, -0.1) is 0 Å². The molecule has 2 rings (SSSR count). The molecule has 0 aliphatic carbocycles. The Morgan fingerprint density at radius 1 is 1.08 bits per heavy atom. The standard InChI is InChI=1S/C17H19N3O4/c1-3-24-15-5-4-10-20(17(15)23)11-16(22)19-14-8-6-13(7-9-14)18-12(2)21/h4-10H,3,11H2,1-2H3,(H,18,21)(H,19,22). The van der Waals surface area contributed by atoms with Gasteiger partial charge in [-0.2, -0.15) is 0 Å². The molecular formula is C17H19N3O4. The fourth-order valence-electron chi connectivity index (χ4n) is 2.10. The van der Waals surface area contributed by atoms with Crippen LogP contribution in [0.5, 0.6) is 5.75 Å². The highest BCUT2D eigenvalue weighted by Gasteiger charge is 2.08. The smallest absolute Gasteiger partial charge is 0.293 e. The molecule has 2 aromatic rings. The zero-order chi connectivity index (χ0) is 17.5. The molecule has 0 spiro atoms. The minimum absolute atomic E-state index is 0.118. The van der Waals surface area contributed by atoms with Gasteiger partial charge < -0.3 is 19.9 Å². The van der Waals surface area contributed by atoms with Gasteiger partial charge >= 0.3 is 0 Å². The van der Waals surface area contributed by atoms with Crippen LogP contribution in [-0.4, -0.2) is 23.0 Å². The molecular weight excluding hydrogens is 310 g/mol. The lowest BCUT2D eigenvalue weighted by molar-refractivity contribution is -0.117. The summed E-state index contributed by atoms with van der Waals surface area (Å²) in [6.45, 7) is 3.47. The summed E-state index contributed by atoms with van der Waals surface area (Å²) in [7, 11) is 0. The summed E-state index contributed by atoms with van der Waals surface area (Å²) < 4.78 is 6.51. The molecule has 0 aliphatic rings. The van der Waals surface area contributed by atoms with E-state index >= 15 is 0 Å². The van der Waals surface area contributed by atoms with Gasteiger partial charge in [-0.05, 0) is 43.3 Å². The van der Waals surface area contributed by atoms with Crippen LogP contribution in [0, 0.1) is 0 Å². The van der Waals surface area contributed by atoms with Crippen LogP contribution < -0.4 is 20.9 Å². The molecule has 126 valence electrons. The molecule has 0 aliphatic heterocycles. The van der Waals surface area contributed by atoms with Crippen molar-refractivity contribution in [1.82, 2.24) is 4.57 Å². The Labute approximate surface area is 139 Å². The van der Waals surface area contributed by atoms with Gasteiger partial charge in [-0.1, -0.05) is 0 Å². The van der Waals surface area contributed by atoms with Crippen LogP contribution >= 0.6 is 0 Å². The number of hydrogen-bond donors (Lipinski definition) is 2. The highest BCUT2D eigenvalue weighted by molar-refractivity contribution is 5.92. The summed E-state index contributed by atoms with van der Waals surface area (Å²) in [5.41, 5.74) is 0.861. The van der Waals surface area contributed by atoms with Gasteiger partial charge in [0.05, 0.1) is 6.61 Å². The minimum Gasteiger partial charge on any atom is -0.488 e. The van der Waals surface area contributed by atoms with Crippen LogP contribution in [0.15, 0.2) is 47.4 Å². The molecule has 0 saturated heterocycles. The molecule has 24 heavy (non-hydrogen) atoms. The molecule has 1 heterocycles. The van der Waals surface area contributed by atoms with E-state index in [1.54, 1.807) is 43.3 Å². The first-order chi connectivity index (χ1) is 11.5. The summed E-state index contributed by atoms with van der Waals surface area (Å²) in [4.78, 5) is 35.2. The van der Waals surface area contributed by atoms with E-state index in [-0.39, 0.29) is 29.7 Å². The van der Waals surface area contributed by atoms with Gasteiger partial charge in [0.1, 0.15) is 6.54 Å². The van der Waals surface area contributed by atoms with Gasteiger partial charge in [-0.3, -0.25) is 14.4 Å². The SMILES string of the molecule is CCOc1cccn(CC(=O)Nc2ccc(NC(C)=O)cc2)c1=O. The van der Waals surface area contributed by atoms with E-state index < -0.39 is 0 Å². The quantitative estimate of drug-likeness (QED) is 0.846. The van der Waals surface area contributed by atoms with Crippen molar-refractivity contribution < 1.29 is 14.3 Å². The van der Waals surface area contributed by atoms with Crippen LogP contribution in [0.1, 0.15) is 13.8 Å². The molecule has 1 aromatic heterocycles. The van der Waals surface area contributed by atoms with Crippen molar-refractivity contribution in [2.45, 2.75) is 20.4 Å². The number of carbonyl (C=O) groups is 2. The first-order valence-corrected chi connectivity index (χ1v) is 7.49. The number of carbonyl (C=O) groups excluding carboxylic acids is 2. The number of nitrogens with zero attached hydrogens (tertiary/aromatic N) is 1. The summed E-state index contributed by atoms with van der Waals surface area (Å²) in [5.74, 6) is -0.286. The fourth-order valence-corrected chi connectivity index (χ4v) is 2.10. The van der Waals surface area contributed by atoms with E-state index in [1.165, 1.54) is 17.7 Å². The Morgan fingerprint density at radius 2 is 1.71 bits per heavy atom. The number of anilines is 2. The molecule has 0 radical (unpaired) electrons. The van der Waals surface area contributed by atoms with Crippen molar-refractivity contribution in [3.63, 3.8) is 0 Å². The van der Waals surface area contributed by atoms with E-state index in [1.807, 2.05) is 0 Å². The lowest BCUT2D eigenvalue weighted by Crippen LogP contribution is -2.28. The molecule has 0 bridgehead atoms. The van der Waals surface area contributed by atoms with Crippen LogP contribution in [0.25, 0.3) is 0 Å². The van der Waals surface area contributed by atoms with Crippen molar-refractivity contribution >= 4 is 23.2 Å². The third-order valence-corrected chi connectivity index (χ3v) is 3.09. The van der Waals surface area contributed by atoms with E-state index in [2.05, 4.69) is 10.6 Å². The number of rotatable bonds is 6. The Balaban J connectivity index is 2.02. The molecule has 2 N–H and O–H groups in total. The van der Waals surface area contributed by atoms with Crippen molar-refractivity contribution in [3.05, 3.63) is 52.9 Å². The molecule has 0 unspecified atom stereocenters. The van der Waals surface area contributed by atoms with Crippen LogP contribution in [0.2, 0.25) is 0 Å². The average molecular weight is 329 g/mol. The Morgan fingerprint density at radius 3 is 2.29 bits per heavy atom. The minimum atomic E-state index is -0.351. The lowest BCUT2D eigenvalue weighted by Gasteiger charge is -2.10. The molecule has 0 fully saturated rings. The second-order valence-electron chi connectivity index (χ2n) is 5.05. The third kappa shape index (κ3) is 4.70. The van der Waals surface area contributed by atoms with Crippen molar-refractivity contribution in [1.29, 1.82) is 0 Å². The predicted octanol–water partition coefficient (Wildman–Crippen LogP) is 1.84. The zero-order valence-corrected chi connectivity index (χ0v) is 13.5. The third-order valence-electron chi connectivity index (χ3n) is 3.09. The van der Waals surface area contributed by atoms with E-state index in [9.17, 15) is 14.4 Å². The number of pyridine rings is 1. The van der Waals surface area contributed by atoms with Gasteiger partial charge in [-0.25, -0.2) is 0 Å². The second-order valence-corrected chi connectivity index (χ2v) is 5.05. The normalized spacial score (nSPS) is 10.1. The summed E-state index contributed by atoms with van der Waals surface area (Å²) >= 11 is 0. The number of ether oxygens (including phenoxy) is 1. The average Bonchev–Trinajstić information content (AvgIpc) is 2.53. The largest absolute Gasteiger partial charge is 0.488 e. The molecule has 7 heteroatoms. The van der Waals surface area contributed by atoms with E-state index in [0.717, 1.165) is 0 Å². The van der Waals surface area contributed by atoms with Crippen molar-refractivity contribution in [3.8, 4) is 5.75 Å². The molecule has 2 amide bonds. The first-order valence-electron chi connectivity index (χ1n) is 7.49. The summed E-state index contributed by atoms with van der Waals surface area (Å²) in [6.07, 6.45) is 1.53. The summed E-state index contributed by atoms with van der Waals surface area (Å²) in [5, 5.41) is 5.34. The number of nitrogens with one attached hydrogen (secondary N) is 2. The number of aromatic nitrogens is 1. The maximum Gasteiger partial charge on any atom is 0.293 e. The number of hydrogen-bond acceptors (Lipinski definition) is 4. The Hall–Kier alpha value is -3.09. The maximum atomic E-state index is 12.1. The predicted molar refractivity (Wildman–Crippen MR) is 91.2 cm³/mol. The molecule has 7 nitrogen and oxygen atoms in total. The van der Waals surface area contributed by atoms with Crippen LogP contribution in [0.4, 0.5) is 11.4 Å². The summed E-state index contributed by atoms with van der Waals surface area (Å²) in [6, 6.07) is 9.92. The van der Waals surface area contributed by atoms with Gasteiger partial charge in [0.15, 0.2) is 5.75 Å². The molecule has 0 saturated carbocycles. The van der Waals surface area contributed by atoms with Crippen molar-refractivity contribution in [2.24, 2.45) is 0 Å². The zero-order valence-electron chi connectivity index (χ0n) is 13.5. The van der Waals surface area contributed by atoms with Gasteiger partial charge in [0.2, 0.25) is 11.8 Å². The fraction of sp³-hybridized carbons (Fsp3) is 0.235. The monoisotopic (exact) mass is 329 g/mol. The number of benzene rings is 1. The topological polar surface area (TPSA) is 89.4 Å². The highest BCUT2D eigenvalue weighted by atomic mass is 16.5. The van der Waals surface area contributed by atoms with Gasteiger partial charge in [0, 0.05) is 24.5 Å². The van der Waals surface area contributed by atoms with Crippen LogP contribution in [-0.2, 0) is 16.1 Å².